The molecular weight excluding hydrogens is 351 g/mol. The van der Waals surface area contributed by atoms with E-state index >= 15 is 0 Å². The van der Waals surface area contributed by atoms with E-state index < -0.39 is 0 Å². The lowest BCUT2D eigenvalue weighted by atomic mass is 10.1. The van der Waals surface area contributed by atoms with Crippen molar-refractivity contribution in [3.8, 4) is 11.5 Å². The lowest BCUT2D eigenvalue weighted by Gasteiger charge is -2.17. The Balaban J connectivity index is 1.89. The van der Waals surface area contributed by atoms with Crippen LogP contribution in [-0.2, 0) is 11.3 Å². The predicted molar refractivity (Wildman–Crippen MR) is 94.4 cm³/mol. The van der Waals surface area contributed by atoms with E-state index in [1.165, 1.54) is 0 Å². The van der Waals surface area contributed by atoms with E-state index in [1.54, 1.807) is 23.1 Å². The van der Waals surface area contributed by atoms with E-state index in [0.717, 1.165) is 11.3 Å². The summed E-state index contributed by atoms with van der Waals surface area (Å²) in [5, 5.41) is 4.00. The first-order chi connectivity index (χ1) is 11.6. The van der Waals surface area contributed by atoms with Crippen molar-refractivity contribution in [1.82, 2.24) is 5.32 Å². The minimum Gasteiger partial charge on any atom is -0.457 e. The fourth-order valence-corrected chi connectivity index (χ4v) is 2.75. The van der Waals surface area contributed by atoms with E-state index in [-0.39, 0.29) is 6.09 Å². The van der Waals surface area contributed by atoms with E-state index in [1.807, 2.05) is 25.2 Å². The molecule has 1 aliphatic rings. The highest BCUT2D eigenvalue weighted by molar-refractivity contribution is 6.42. The molecular formula is C17H16Cl2N2O3. The molecule has 3 rings (SSSR count). The second-order valence-electron chi connectivity index (χ2n) is 5.27. The fraction of sp³-hybridized carbons (Fsp3) is 0.235. The van der Waals surface area contributed by atoms with Gasteiger partial charge in [-0.2, -0.15) is 0 Å². The van der Waals surface area contributed by atoms with Gasteiger partial charge in [0, 0.05) is 23.9 Å². The van der Waals surface area contributed by atoms with Crippen LogP contribution in [0.15, 0.2) is 36.4 Å². The minimum absolute atomic E-state index is 0.330. The molecule has 24 heavy (non-hydrogen) atoms. The summed E-state index contributed by atoms with van der Waals surface area (Å²) in [6.45, 7) is 1.54. The maximum absolute atomic E-state index is 11.7. The molecule has 0 saturated carbocycles. The normalized spacial score (nSPS) is 14.0. The number of carbonyl (C=O) groups excluding carboxylic acids is 1. The summed E-state index contributed by atoms with van der Waals surface area (Å²) >= 11 is 12.0. The molecule has 1 saturated heterocycles. The highest BCUT2D eigenvalue weighted by atomic mass is 35.5. The van der Waals surface area contributed by atoms with Crippen LogP contribution in [0.2, 0.25) is 10.0 Å². The average molecular weight is 367 g/mol. The minimum atomic E-state index is -0.330. The first kappa shape index (κ1) is 16.9. The molecule has 2 aromatic carbocycles. The van der Waals surface area contributed by atoms with E-state index in [9.17, 15) is 4.79 Å². The monoisotopic (exact) mass is 366 g/mol. The molecule has 7 heteroatoms. The number of hydrogen-bond acceptors (Lipinski definition) is 4. The van der Waals surface area contributed by atoms with Crippen LogP contribution in [0.4, 0.5) is 10.5 Å². The molecule has 2 aromatic rings. The third-order valence-corrected chi connectivity index (χ3v) is 4.34. The number of anilines is 1. The number of amides is 1. The van der Waals surface area contributed by atoms with Gasteiger partial charge in [0.05, 0.1) is 16.6 Å². The molecule has 0 spiro atoms. The Bertz CT molecular complexity index is 767. The highest BCUT2D eigenvalue weighted by Gasteiger charge is 2.24. The van der Waals surface area contributed by atoms with Gasteiger partial charge in [0.1, 0.15) is 18.1 Å². The molecule has 0 bridgehead atoms. The first-order valence-electron chi connectivity index (χ1n) is 7.43. The molecule has 0 radical (unpaired) electrons. The third-order valence-electron chi connectivity index (χ3n) is 3.60. The fourth-order valence-electron chi connectivity index (χ4n) is 2.46. The maximum Gasteiger partial charge on any atom is 0.414 e. The van der Waals surface area contributed by atoms with Gasteiger partial charge in [0.15, 0.2) is 0 Å². The Morgan fingerprint density at radius 1 is 1.21 bits per heavy atom. The molecule has 5 nitrogen and oxygen atoms in total. The lowest BCUT2D eigenvalue weighted by molar-refractivity contribution is 0.181. The van der Waals surface area contributed by atoms with E-state index in [2.05, 4.69) is 5.32 Å². The molecule has 126 valence electrons. The average Bonchev–Trinajstić information content (AvgIpc) is 2.99. The Morgan fingerprint density at radius 2 is 2.04 bits per heavy atom. The maximum atomic E-state index is 11.7. The number of halogens is 2. The summed E-state index contributed by atoms with van der Waals surface area (Å²) in [5.74, 6) is 1.27. The number of cyclic esters (lactones) is 1. The van der Waals surface area contributed by atoms with Crippen LogP contribution in [0.5, 0.6) is 11.5 Å². The van der Waals surface area contributed by atoms with Crippen molar-refractivity contribution in [2.24, 2.45) is 0 Å². The van der Waals surface area contributed by atoms with Crippen molar-refractivity contribution < 1.29 is 14.3 Å². The summed E-state index contributed by atoms with van der Waals surface area (Å²) in [4.78, 5) is 13.3. The number of nitrogens with one attached hydrogen (secondary N) is 1. The number of rotatable bonds is 5. The van der Waals surface area contributed by atoms with Crippen molar-refractivity contribution in [2.75, 3.05) is 25.1 Å². The SMILES string of the molecule is CNCc1cc(N2CCOC2=O)ccc1Oc1ccc(Cl)c(Cl)c1. The van der Waals surface area contributed by atoms with Crippen LogP contribution >= 0.6 is 23.2 Å². The number of hydrogen-bond donors (Lipinski definition) is 1. The van der Waals surface area contributed by atoms with Gasteiger partial charge in [-0.15, -0.1) is 0 Å². The van der Waals surface area contributed by atoms with Gasteiger partial charge in [-0.05, 0) is 37.4 Å². The largest absolute Gasteiger partial charge is 0.457 e. The second-order valence-corrected chi connectivity index (χ2v) is 6.08. The molecule has 1 fully saturated rings. The van der Waals surface area contributed by atoms with Gasteiger partial charge < -0.3 is 14.8 Å². The summed E-state index contributed by atoms with van der Waals surface area (Å²) in [5.41, 5.74) is 1.70. The van der Waals surface area contributed by atoms with Crippen molar-refractivity contribution in [2.45, 2.75) is 6.54 Å². The summed E-state index contributed by atoms with van der Waals surface area (Å²) in [7, 11) is 1.85. The molecule has 1 heterocycles. The second kappa shape index (κ2) is 7.30. The van der Waals surface area contributed by atoms with Gasteiger partial charge >= 0.3 is 6.09 Å². The number of nitrogens with zero attached hydrogens (tertiary/aromatic N) is 1. The topological polar surface area (TPSA) is 50.8 Å². The Labute approximate surface area is 150 Å². The Hall–Kier alpha value is -1.95. The highest BCUT2D eigenvalue weighted by Crippen LogP contribution is 2.33. The zero-order valence-corrected chi connectivity index (χ0v) is 14.5. The zero-order valence-electron chi connectivity index (χ0n) is 13.0. The van der Waals surface area contributed by atoms with Crippen LogP contribution in [0, 0.1) is 0 Å². The van der Waals surface area contributed by atoms with E-state index in [0.29, 0.717) is 41.2 Å². The molecule has 0 unspecified atom stereocenters. The van der Waals surface area contributed by atoms with Crippen molar-refractivity contribution in [3.63, 3.8) is 0 Å². The van der Waals surface area contributed by atoms with Gasteiger partial charge in [-0.25, -0.2) is 4.79 Å². The molecule has 0 atom stereocenters. The van der Waals surface area contributed by atoms with Crippen LogP contribution in [0.25, 0.3) is 0 Å². The molecule has 0 aromatic heterocycles. The Kier molecular flexibility index (Phi) is 5.14. The van der Waals surface area contributed by atoms with Crippen molar-refractivity contribution >= 4 is 35.0 Å². The summed E-state index contributed by atoms with van der Waals surface area (Å²) in [6.07, 6.45) is -0.330. The van der Waals surface area contributed by atoms with Crippen LogP contribution in [-0.4, -0.2) is 26.3 Å². The third kappa shape index (κ3) is 3.59. The number of ether oxygens (including phenoxy) is 2. The quantitative estimate of drug-likeness (QED) is 0.848. The molecule has 1 amide bonds. The smallest absolute Gasteiger partial charge is 0.414 e. The van der Waals surface area contributed by atoms with Crippen molar-refractivity contribution in [1.29, 1.82) is 0 Å². The van der Waals surface area contributed by atoms with Crippen LogP contribution in [0.1, 0.15) is 5.56 Å². The van der Waals surface area contributed by atoms with Crippen LogP contribution < -0.4 is 15.0 Å². The predicted octanol–water partition coefficient (Wildman–Crippen LogP) is 4.46. The van der Waals surface area contributed by atoms with Crippen molar-refractivity contribution in [3.05, 3.63) is 52.0 Å². The van der Waals surface area contributed by atoms with Gasteiger partial charge in [0.25, 0.3) is 0 Å². The number of carbonyl (C=O) groups is 1. The van der Waals surface area contributed by atoms with Gasteiger partial charge in [0.2, 0.25) is 0 Å². The Morgan fingerprint density at radius 3 is 2.71 bits per heavy atom. The summed E-state index contributed by atoms with van der Waals surface area (Å²) < 4.78 is 10.9. The molecule has 1 N–H and O–H groups in total. The van der Waals surface area contributed by atoms with Gasteiger partial charge in [-0.3, -0.25) is 4.90 Å². The van der Waals surface area contributed by atoms with Crippen LogP contribution in [0.3, 0.4) is 0 Å². The first-order valence-corrected chi connectivity index (χ1v) is 8.19. The lowest BCUT2D eigenvalue weighted by Crippen LogP contribution is -2.23. The van der Waals surface area contributed by atoms with Gasteiger partial charge in [-0.1, -0.05) is 23.2 Å². The number of benzene rings is 2. The summed E-state index contributed by atoms with van der Waals surface area (Å²) in [6, 6.07) is 10.7. The molecule has 1 aliphatic heterocycles. The standard InChI is InChI=1S/C17H16Cl2N2O3/c1-20-10-11-8-12(21-6-7-23-17(21)22)2-5-16(11)24-13-3-4-14(18)15(19)9-13/h2-5,8-9,20H,6-7,10H2,1H3. The molecule has 0 aliphatic carbocycles. The van der Waals surface area contributed by atoms with E-state index in [4.69, 9.17) is 32.7 Å². The zero-order chi connectivity index (χ0) is 17.1.